The fourth-order valence-electron chi connectivity index (χ4n) is 4.61. The van der Waals surface area contributed by atoms with Crippen LogP contribution < -0.4 is 0 Å². The van der Waals surface area contributed by atoms with Gasteiger partial charge in [-0.25, -0.2) is 0 Å². The Morgan fingerprint density at radius 1 is 1.26 bits per heavy atom. The third-order valence-corrected chi connectivity index (χ3v) is 6.18. The quantitative estimate of drug-likeness (QED) is 0.351. The van der Waals surface area contributed by atoms with E-state index in [2.05, 4.69) is 19.1 Å². The fourth-order valence-corrected chi connectivity index (χ4v) is 4.61. The van der Waals surface area contributed by atoms with Crippen molar-refractivity contribution in [3.63, 3.8) is 0 Å². The average molecular weight is 381 g/mol. The van der Waals surface area contributed by atoms with Crippen molar-refractivity contribution in [2.45, 2.75) is 102 Å². The first kappa shape index (κ1) is 20.8. The van der Waals surface area contributed by atoms with E-state index in [1.54, 1.807) is 0 Å². The second-order valence-corrected chi connectivity index (χ2v) is 8.34. The molecular formula is C22H36O5. The van der Waals surface area contributed by atoms with Gasteiger partial charge in [0.2, 0.25) is 0 Å². The van der Waals surface area contributed by atoms with E-state index < -0.39 is 6.10 Å². The summed E-state index contributed by atoms with van der Waals surface area (Å²) >= 11 is 0. The molecule has 1 N–H and O–H groups in total. The molecule has 0 radical (unpaired) electrons. The molecule has 2 heterocycles. The summed E-state index contributed by atoms with van der Waals surface area (Å²) in [5.74, 6) is -0.0329. The monoisotopic (exact) mass is 380 g/mol. The highest BCUT2D eigenvalue weighted by Gasteiger charge is 2.48. The van der Waals surface area contributed by atoms with Crippen LogP contribution in [0.3, 0.4) is 0 Å². The molecule has 2 aliphatic heterocycles. The minimum atomic E-state index is -0.430. The molecule has 0 aromatic rings. The van der Waals surface area contributed by atoms with Crippen molar-refractivity contribution < 1.29 is 24.1 Å². The largest absolute Gasteiger partial charge is 0.462 e. The zero-order chi connectivity index (χ0) is 19.1. The number of aliphatic hydroxyl groups excluding tert-OH is 1. The second-order valence-electron chi connectivity index (χ2n) is 8.34. The van der Waals surface area contributed by atoms with Crippen molar-refractivity contribution in [1.29, 1.82) is 0 Å². The number of carbonyl (C=O) groups excluding carboxylic acids is 1. The zero-order valence-corrected chi connectivity index (χ0v) is 16.7. The number of aliphatic hydroxyl groups is 1. The smallest absolute Gasteiger partial charge is 0.306 e. The Labute approximate surface area is 163 Å². The van der Waals surface area contributed by atoms with Gasteiger partial charge in [0.05, 0.1) is 18.6 Å². The first-order valence-electron chi connectivity index (χ1n) is 11.0. The lowest BCUT2D eigenvalue weighted by Gasteiger charge is -2.27. The summed E-state index contributed by atoms with van der Waals surface area (Å²) in [6, 6.07) is 0. The van der Waals surface area contributed by atoms with Crippen molar-refractivity contribution in [2.24, 2.45) is 11.8 Å². The highest BCUT2D eigenvalue weighted by Crippen LogP contribution is 2.42. The number of rotatable bonds is 10. The van der Waals surface area contributed by atoms with E-state index in [-0.39, 0.29) is 36.3 Å². The van der Waals surface area contributed by atoms with Gasteiger partial charge in [-0.3, -0.25) is 4.79 Å². The van der Waals surface area contributed by atoms with Crippen LogP contribution in [0.1, 0.15) is 77.6 Å². The number of unbranched alkanes of at least 4 members (excludes halogenated alkanes) is 4. The van der Waals surface area contributed by atoms with Crippen LogP contribution in [0.25, 0.3) is 0 Å². The van der Waals surface area contributed by atoms with Gasteiger partial charge >= 0.3 is 5.97 Å². The molecule has 5 heteroatoms. The third kappa shape index (κ3) is 6.03. The van der Waals surface area contributed by atoms with E-state index in [9.17, 15) is 9.90 Å². The van der Waals surface area contributed by atoms with Crippen molar-refractivity contribution in [1.82, 2.24) is 0 Å². The van der Waals surface area contributed by atoms with Crippen LogP contribution in [-0.4, -0.2) is 42.3 Å². The van der Waals surface area contributed by atoms with E-state index in [1.165, 1.54) is 25.7 Å². The molecule has 1 saturated carbocycles. The van der Waals surface area contributed by atoms with Crippen molar-refractivity contribution in [2.75, 3.05) is 6.61 Å². The summed E-state index contributed by atoms with van der Waals surface area (Å²) in [5, 5.41) is 10.4. The first-order chi connectivity index (χ1) is 13.2. The molecule has 1 unspecified atom stereocenters. The van der Waals surface area contributed by atoms with Crippen LogP contribution in [0.5, 0.6) is 0 Å². The molecule has 0 bridgehead atoms. The normalized spacial score (nSPS) is 34.7. The van der Waals surface area contributed by atoms with Crippen LogP contribution in [0, 0.1) is 11.8 Å². The van der Waals surface area contributed by atoms with Gasteiger partial charge in [-0.15, -0.1) is 0 Å². The van der Waals surface area contributed by atoms with Crippen molar-refractivity contribution >= 4 is 5.97 Å². The molecule has 0 aromatic carbocycles. The SMILES string of the molecule is CCCCCCC[C@@H](/C=C/[C@@H]1[C@H]2CC(=O)O[C@H]2C[C@H]1O)OC1CCCCO1. The predicted molar refractivity (Wildman–Crippen MR) is 103 cm³/mol. The predicted octanol–water partition coefficient (Wildman–Crippen LogP) is 4.13. The highest BCUT2D eigenvalue weighted by atomic mass is 16.7. The molecule has 0 spiro atoms. The lowest BCUT2D eigenvalue weighted by atomic mass is 9.91. The molecule has 1 aliphatic carbocycles. The minimum Gasteiger partial charge on any atom is -0.462 e. The number of fused-ring (bicyclic) bond motifs is 1. The van der Waals surface area contributed by atoms with Crippen molar-refractivity contribution in [3.05, 3.63) is 12.2 Å². The van der Waals surface area contributed by atoms with E-state index >= 15 is 0 Å². The maximum atomic E-state index is 11.6. The molecule has 6 atom stereocenters. The molecule has 0 amide bonds. The third-order valence-electron chi connectivity index (χ3n) is 6.18. The van der Waals surface area contributed by atoms with Gasteiger partial charge in [0.1, 0.15) is 6.10 Å². The van der Waals surface area contributed by atoms with Gasteiger partial charge in [0, 0.05) is 24.9 Å². The van der Waals surface area contributed by atoms with Crippen LogP contribution >= 0.6 is 0 Å². The summed E-state index contributed by atoms with van der Waals surface area (Å²) in [7, 11) is 0. The molecule has 3 aliphatic rings. The van der Waals surface area contributed by atoms with Gasteiger partial charge in [0.15, 0.2) is 6.29 Å². The summed E-state index contributed by atoms with van der Waals surface area (Å²) in [5.41, 5.74) is 0. The lowest BCUT2D eigenvalue weighted by Crippen LogP contribution is -2.27. The summed E-state index contributed by atoms with van der Waals surface area (Å²) in [4.78, 5) is 11.6. The molecule has 27 heavy (non-hydrogen) atoms. The van der Waals surface area contributed by atoms with Gasteiger partial charge in [-0.1, -0.05) is 51.2 Å². The van der Waals surface area contributed by atoms with Gasteiger partial charge < -0.3 is 19.3 Å². The molecule has 3 fully saturated rings. The summed E-state index contributed by atoms with van der Waals surface area (Å²) in [6.07, 6.45) is 14.9. The van der Waals surface area contributed by atoms with E-state index in [4.69, 9.17) is 14.2 Å². The maximum absolute atomic E-state index is 11.6. The number of hydrogen-bond acceptors (Lipinski definition) is 5. The Bertz CT molecular complexity index is 485. The number of hydrogen-bond donors (Lipinski definition) is 1. The zero-order valence-electron chi connectivity index (χ0n) is 16.7. The number of ether oxygens (including phenoxy) is 3. The average Bonchev–Trinajstić information content (AvgIpc) is 3.15. The van der Waals surface area contributed by atoms with Crippen LogP contribution in [0.4, 0.5) is 0 Å². The molecule has 2 saturated heterocycles. The topological polar surface area (TPSA) is 65.0 Å². The minimum absolute atomic E-state index is 0.0130. The maximum Gasteiger partial charge on any atom is 0.306 e. The molecule has 0 aromatic heterocycles. The second kappa shape index (κ2) is 10.6. The van der Waals surface area contributed by atoms with E-state index in [0.29, 0.717) is 12.8 Å². The van der Waals surface area contributed by atoms with E-state index in [1.807, 2.05) is 0 Å². The Kier molecular flexibility index (Phi) is 8.16. The fraction of sp³-hybridized carbons (Fsp3) is 0.864. The van der Waals surface area contributed by atoms with Crippen molar-refractivity contribution in [3.8, 4) is 0 Å². The van der Waals surface area contributed by atoms with Gasteiger partial charge in [-0.2, -0.15) is 0 Å². The van der Waals surface area contributed by atoms with Crippen LogP contribution in [0.15, 0.2) is 12.2 Å². The first-order valence-corrected chi connectivity index (χ1v) is 11.0. The Hall–Kier alpha value is -0.910. The lowest BCUT2D eigenvalue weighted by molar-refractivity contribution is -0.179. The Morgan fingerprint density at radius 2 is 2.11 bits per heavy atom. The standard InChI is InChI=1S/C22H36O5/c1-2-3-4-5-6-9-16(26-22-10-7-8-13-25-22)11-12-17-18-14-21(24)27-20(18)15-19(17)23/h11-12,16-20,22-23H,2-10,13-15H2,1H3/b12-11+/t16-,17+,18+,19+,20-,22?/m0/s1. The van der Waals surface area contributed by atoms with Gasteiger partial charge in [-0.05, 0) is 25.7 Å². The highest BCUT2D eigenvalue weighted by molar-refractivity contribution is 5.72. The number of esters is 1. The van der Waals surface area contributed by atoms with Crippen LogP contribution in [-0.2, 0) is 19.0 Å². The van der Waals surface area contributed by atoms with E-state index in [0.717, 1.165) is 38.7 Å². The molecule has 5 nitrogen and oxygen atoms in total. The molecular weight excluding hydrogens is 344 g/mol. The summed E-state index contributed by atoms with van der Waals surface area (Å²) in [6.45, 7) is 3.01. The Balaban J connectivity index is 1.55. The Morgan fingerprint density at radius 3 is 2.89 bits per heavy atom. The van der Waals surface area contributed by atoms with Crippen LogP contribution in [0.2, 0.25) is 0 Å². The molecule has 154 valence electrons. The summed E-state index contributed by atoms with van der Waals surface area (Å²) < 4.78 is 17.3. The molecule has 3 rings (SSSR count). The number of carbonyl (C=O) groups is 1. The van der Waals surface area contributed by atoms with Gasteiger partial charge in [0.25, 0.3) is 0 Å².